The van der Waals surface area contributed by atoms with Gasteiger partial charge in [-0.2, -0.15) is 0 Å². The number of nitrogens with one attached hydrogen (secondary N) is 1. The Balaban J connectivity index is 2.24. The highest BCUT2D eigenvalue weighted by Gasteiger charge is 2.27. The summed E-state index contributed by atoms with van der Waals surface area (Å²) in [5, 5.41) is 3.55. The van der Waals surface area contributed by atoms with Gasteiger partial charge in [-0.1, -0.05) is 29.3 Å². The van der Waals surface area contributed by atoms with Gasteiger partial charge in [0.25, 0.3) is 5.91 Å². The van der Waals surface area contributed by atoms with Crippen molar-refractivity contribution in [3.63, 3.8) is 0 Å². The third-order valence-corrected chi connectivity index (χ3v) is 5.30. The Morgan fingerprint density at radius 2 is 1.58 bits per heavy atom. The maximum absolute atomic E-state index is 13.1. The molecule has 0 fully saturated rings. The first-order valence-corrected chi connectivity index (χ1v) is 10.4. The SMILES string of the molecule is CCNC(=O)C(C)N(Cc1c(Cl)cccc1Cl)C(=O)COc1cc(OC)cc(OC)c1. The smallest absolute Gasteiger partial charge is 0.261 e. The predicted octanol–water partition coefficient (Wildman–Crippen LogP) is 3.94. The zero-order valence-corrected chi connectivity index (χ0v) is 19.4. The van der Waals surface area contributed by atoms with Crippen LogP contribution in [0.15, 0.2) is 36.4 Å². The lowest BCUT2D eigenvalue weighted by Gasteiger charge is -2.29. The Labute approximate surface area is 192 Å². The van der Waals surface area contributed by atoms with E-state index in [1.54, 1.807) is 50.2 Å². The molecule has 0 radical (unpaired) electrons. The molecule has 0 aliphatic heterocycles. The van der Waals surface area contributed by atoms with Gasteiger partial charge in [0.2, 0.25) is 5.91 Å². The normalized spacial score (nSPS) is 11.4. The summed E-state index contributed by atoms with van der Waals surface area (Å²) in [6.45, 7) is 3.64. The van der Waals surface area contributed by atoms with E-state index >= 15 is 0 Å². The highest BCUT2D eigenvalue weighted by atomic mass is 35.5. The number of rotatable bonds is 10. The second-order valence-corrected chi connectivity index (χ2v) is 7.44. The minimum atomic E-state index is -0.761. The lowest BCUT2D eigenvalue weighted by molar-refractivity contribution is -0.142. The van der Waals surface area contributed by atoms with Crippen molar-refractivity contribution in [1.82, 2.24) is 10.2 Å². The zero-order chi connectivity index (χ0) is 23.0. The summed E-state index contributed by atoms with van der Waals surface area (Å²) in [7, 11) is 3.04. The third kappa shape index (κ3) is 6.67. The second-order valence-electron chi connectivity index (χ2n) is 6.63. The topological polar surface area (TPSA) is 77.1 Å². The number of ether oxygens (including phenoxy) is 3. The minimum Gasteiger partial charge on any atom is -0.496 e. The van der Waals surface area contributed by atoms with E-state index in [4.69, 9.17) is 37.4 Å². The Hall–Kier alpha value is -2.64. The first kappa shape index (κ1) is 24.6. The number of amides is 2. The molecule has 9 heteroatoms. The molecule has 0 heterocycles. The summed E-state index contributed by atoms with van der Waals surface area (Å²) < 4.78 is 16.1. The molecule has 31 heavy (non-hydrogen) atoms. The molecule has 1 N–H and O–H groups in total. The number of carbonyl (C=O) groups is 2. The van der Waals surface area contributed by atoms with Crippen molar-refractivity contribution in [2.75, 3.05) is 27.4 Å². The number of carbonyl (C=O) groups excluding carboxylic acids is 2. The van der Waals surface area contributed by atoms with Crippen LogP contribution in [0.2, 0.25) is 10.0 Å². The van der Waals surface area contributed by atoms with Crippen LogP contribution in [-0.2, 0) is 16.1 Å². The maximum Gasteiger partial charge on any atom is 0.261 e. The predicted molar refractivity (Wildman–Crippen MR) is 120 cm³/mol. The summed E-state index contributed by atoms with van der Waals surface area (Å²) in [5.74, 6) is 0.749. The van der Waals surface area contributed by atoms with Crippen LogP contribution >= 0.6 is 23.2 Å². The molecule has 0 saturated carbocycles. The van der Waals surface area contributed by atoms with Crippen molar-refractivity contribution in [3.05, 3.63) is 52.0 Å². The van der Waals surface area contributed by atoms with E-state index in [1.807, 2.05) is 0 Å². The lowest BCUT2D eigenvalue weighted by atomic mass is 10.1. The van der Waals surface area contributed by atoms with Gasteiger partial charge < -0.3 is 24.4 Å². The quantitative estimate of drug-likeness (QED) is 0.571. The molecule has 7 nitrogen and oxygen atoms in total. The first-order valence-electron chi connectivity index (χ1n) is 9.66. The van der Waals surface area contributed by atoms with Crippen LogP contribution in [0.25, 0.3) is 0 Å². The fraction of sp³-hybridized carbons (Fsp3) is 0.364. The minimum absolute atomic E-state index is 0.0560. The number of halogens is 2. The fourth-order valence-electron chi connectivity index (χ4n) is 2.85. The Kier molecular flexibility index (Phi) is 9.27. The number of hydrogen-bond acceptors (Lipinski definition) is 5. The molecule has 0 saturated heterocycles. The molecule has 2 rings (SSSR count). The van der Waals surface area contributed by atoms with E-state index in [1.165, 1.54) is 19.1 Å². The van der Waals surface area contributed by atoms with E-state index in [2.05, 4.69) is 5.32 Å². The van der Waals surface area contributed by atoms with Crippen molar-refractivity contribution in [3.8, 4) is 17.2 Å². The number of hydrogen-bond donors (Lipinski definition) is 1. The van der Waals surface area contributed by atoms with Crippen molar-refractivity contribution in [2.24, 2.45) is 0 Å². The molecular formula is C22H26Cl2N2O5. The van der Waals surface area contributed by atoms with Crippen LogP contribution in [0, 0.1) is 0 Å². The van der Waals surface area contributed by atoms with Gasteiger partial charge >= 0.3 is 0 Å². The summed E-state index contributed by atoms with van der Waals surface area (Å²) in [6.07, 6.45) is 0. The monoisotopic (exact) mass is 468 g/mol. The van der Waals surface area contributed by atoms with Gasteiger partial charge in [0, 0.05) is 46.9 Å². The van der Waals surface area contributed by atoms with Crippen LogP contribution in [0.3, 0.4) is 0 Å². The summed E-state index contributed by atoms with van der Waals surface area (Å²) in [5.41, 5.74) is 0.554. The molecule has 2 aromatic rings. The molecule has 0 bridgehead atoms. The molecule has 0 aliphatic rings. The van der Waals surface area contributed by atoms with Crippen molar-refractivity contribution in [2.45, 2.75) is 26.4 Å². The molecule has 1 unspecified atom stereocenters. The van der Waals surface area contributed by atoms with Crippen LogP contribution in [0.4, 0.5) is 0 Å². The zero-order valence-electron chi connectivity index (χ0n) is 17.9. The average molecular weight is 469 g/mol. The van der Waals surface area contributed by atoms with E-state index in [0.29, 0.717) is 39.4 Å². The Morgan fingerprint density at radius 1 is 1.03 bits per heavy atom. The molecule has 2 aromatic carbocycles. The number of likely N-dealkylation sites (N-methyl/N-ethyl adjacent to an activating group) is 1. The largest absolute Gasteiger partial charge is 0.496 e. The van der Waals surface area contributed by atoms with Gasteiger partial charge in [0.15, 0.2) is 6.61 Å². The van der Waals surface area contributed by atoms with Crippen LogP contribution in [0.5, 0.6) is 17.2 Å². The van der Waals surface area contributed by atoms with E-state index in [-0.39, 0.29) is 19.1 Å². The highest BCUT2D eigenvalue weighted by molar-refractivity contribution is 6.36. The first-order chi connectivity index (χ1) is 14.8. The molecule has 0 spiro atoms. The van der Waals surface area contributed by atoms with Crippen molar-refractivity contribution >= 4 is 35.0 Å². The van der Waals surface area contributed by atoms with Gasteiger partial charge in [0.05, 0.1) is 14.2 Å². The molecule has 2 amide bonds. The summed E-state index contributed by atoms with van der Waals surface area (Å²) >= 11 is 12.6. The van der Waals surface area contributed by atoms with Crippen LogP contribution in [-0.4, -0.2) is 50.1 Å². The molecule has 0 aliphatic carbocycles. The number of nitrogens with zero attached hydrogens (tertiary/aromatic N) is 1. The fourth-order valence-corrected chi connectivity index (χ4v) is 3.37. The van der Waals surface area contributed by atoms with Crippen LogP contribution < -0.4 is 19.5 Å². The molecule has 1 atom stereocenters. The van der Waals surface area contributed by atoms with E-state index in [0.717, 1.165) is 0 Å². The average Bonchev–Trinajstić information content (AvgIpc) is 2.76. The highest BCUT2D eigenvalue weighted by Crippen LogP contribution is 2.28. The third-order valence-electron chi connectivity index (χ3n) is 4.60. The van der Waals surface area contributed by atoms with E-state index in [9.17, 15) is 9.59 Å². The van der Waals surface area contributed by atoms with Gasteiger partial charge in [0.1, 0.15) is 23.3 Å². The Morgan fingerprint density at radius 3 is 2.10 bits per heavy atom. The van der Waals surface area contributed by atoms with Gasteiger partial charge in [-0.3, -0.25) is 9.59 Å². The molecule has 0 aromatic heterocycles. The van der Waals surface area contributed by atoms with Gasteiger partial charge in [-0.05, 0) is 26.0 Å². The van der Waals surface area contributed by atoms with Gasteiger partial charge in [-0.15, -0.1) is 0 Å². The Bertz CT molecular complexity index is 880. The van der Waals surface area contributed by atoms with Crippen molar-refractivity contribution < 1.29 is 23.8 Å². The summed E-state index contributed by atoms with van der Waals surface area (Å²) in [6, 6.07) is 9.28. The standard InChI is InChI=1S/C22H26Cl2N2O5/c1-5-25-22(28)14(2)26(12-18-19(23)7-6-8-20(18)24)21(27)13-31-17-10-15(29-3)9-16(11-17)30-4/h6-11,14H,5,12-13H2,1-4H3,(H,25,28). The summed E-state index contributed by atoms with van der Waals surface area (Å²) in [4.78, 5) is 26.9. The molecular weight excluding hydrogens is 443 g/mol. The van der Waals surface area contributed by atoms with Gasteiger partial charge in [-0.25, -0.2) is 0 Å². The molecule has 168 valence electrons. The number of methoxy groups -OCH3 is 2. The van der Waals surface area contributed by atoms with E-state index < -0.39 is 11.9 Å². The number of benzene rings is 2. The van der Waals surface area contributed by atoms with Crippen molar-refractivity contribution in [1.29, 1.82) is 0 Å². The second kappa shape index (κ2) is 11.7. The van der Waals surface area contributed by atoms with Crippen LogP contribution in [0.1, 0.15) is 19.4 Å². The maximum atomic E-state index is 13.1. The lowest BCUT2D eigenvalue weighted by Crippen LogP contribution is -2.49.